The summed E-state index contributed by atoms with van der Waals surface area (Å²) in [6, 6.07) is 5.99. The van der Waals surface area contributed by atoms with Gasteiger partial charge in [-0.3, -0.25) is 4.79 Å². The standard InChI is InChI=1S/C17H20FN3O2/c1-11(13-8-19-9-13)16(22)20-7-6-15-10-23-17(21-15)12-2-4-14(18)5-3-12/h2-5,10-11,13,19H,6-9H2,1H3,(H,20,22). The van der Waals surface area contributed by atoms with Crippen LogP contribution in [0.3, 0.4) is 0 Å². The Hall–Kier alpha value is -2.21. The smallest absolute Gasteiger partial charge is 0.226 e. The van der Waals surface area contributed by atoms with Gasteiger partial charge in [-0.1, -0.05) is 6.92 Å². The lowest BCUT2D eigenvalue weighted by molar-refractivity contribution is -0.126. The predicted molar refractivity (Wildman–Crippen MR) is 84.1 cm³/mol. The van der Waals surface area contributed by atoms with E-state index >= 15 is 0 Å². The van der Waals surface area contributed by atoms with E-state index in [2.05, 4.69) is 15.6 Å². The molecule has 1 amide bonds. The largest absolute Gasteiger partial charge is 0.444 e. The lowest BCUT2D eigenvalue weighted by Crippen LogP contribution is -2.49. The number of benzene rings is 1. The Morgan fingerprint density at radius 2 is 2.17 bits per heavy atom. The summed E-state index contributed by atoms with van der Waals surface area (Å²) in [4.78, 5) is 16.4. The Kier molecular flexibility index (Phi) is 4.71. The van der Waals surface area contributed by atoms with E-state index in [9.17, 15) is 9.18 Å². The molecule has 1 atom stereocenters. The van der Waals surface area contributed by atoms with E-state index in [-0.39, 0.29) is 17.6 Å². The Labute approximate surface area is 134 Å². The number of hydrogen-bond donors (Lipinski definition) is 2. The van der Waals surface area contributed by atoms with Crippen LogP contribution < -0.4 is 10.6 Å². The lowest BCUT2D eigenvalue weighted by Gasteiger charge is -2.31. The molecule has 23 heavy (non-hydrogen) atoms. The van der Waals surface area contributed by atoms with Gasteiger partial charge in [0.25, 0.3) is 0 Å². The predicted octanol–water partition coefficient (Wildman–Crippen LogP) is 1.99. The quantitative estimate of drug-likeness (QED) is 0.855. The van der Waals surface area contributed by atoms with E-state index in [1.165, 1.54) is 12.1 Å². The van der Waals surface area contributed by atoms with Gasteiger partial charge in [-0.15, -0.1) is 0 Å². The molecule has 2 aromatic rings. The van der Waals surface area contributed by atoms with Gasteiger partial charge in [0, 0.05) is 24.4 Å². The topological polar surface area (TPSA) is 67.2 Å². The van der Waals surface area contributed by atoms with Crippen molar-refractivity contribution in [2.75, 3.05) is 19.6 Å². The molecular formula is C17H20FN3O2. The number of amides is 1. The summed E-state index contributed by atoms with van der Waals surface area (Å²) in [6.45, 7) is 4.32. The minimum absolute atomic E-state index is 0.0309. The van der Waals surface area contributed by atoms with E-state index in [1.54, 1.807) is 18.4 Å². The third kappa shape index (κ3) is 3.76. The highest BCUT2D eigenvalue weighted by Crippen LogP contribution is 2.19. The molecule has 1 aliphatic rings. The zero-order chi connectivity index (χ0) is 16.2. The third-order valence-electron chi connectivity index (χ3n) is 4.26. The summed E-state index contributed by atoms with van der Waals surface area (Å²) in [5, 5.41) is 6.11. The molecule has 0 bridgehead atoms. The molecule has 2 N–H and O–H groups in total. The van der Waals surface area contributed by atoms with Gasteiger partial charge in [-0.25, -0.2) is 9.37 Å². The maximum absolute atomic E-state index is 12.9. The fourth-order valence-electron chi connectivity index (χ4n) is 2.50. The highest BCUT2D eigenvalue weighted by Gasteiger charge is 2.28. The van der Waals surface area contributed by atoms with Crippen LogP contribution in [0.4, 0.5) is 4.39 Å². The van der Waals surface area contributed by atoms with E-state index in [0.29, 0.717) is 24.8 Å². The van der Waals surface area contributed by atoms with Crippen molar-refractivity contribution < 1.29 is 13.6 Å². The molecule has 3 rings (SSSR count). The van der Waals surface area contributed by atoms with Gasteiger partial charge in [0.05, 0.1) is 5.69 Å². The Morgan fingerprint density at radius 1 is 1.43 bits per heavy atom. The van der Waals surface area contributed by atoms with E-state index in [4.69, 9.17) is 4.42 Å². The second kappa shape index (κ2) is 6.91. The molecule has 1 fully saturated rings. The molecule has 1 saturated heterocycles. The lowest BCUT2D eigenvalue weighted by atomic mass is 9.88. The molecule has 5 nitrogen and oxygen atoms in total. The van der Waals surface area contributed by atoms with Gasteiger partial charge in [0.1, 0.15) is 12.1 Å². The van der Waals surface area contributed by atoms with Crippen molar-refractivity contribution in [3.8, 4) is 11.5 Å². The zero-order valence-electron chi connectivity index (χ0n) is 13.0. The number of nitrogens with one attached hydrogen (secondary N) is 2. The Bertz CT molecular complexity index is 665. The van der Waals surface area contributed by atoms with Gasteiger partial charge in [0.2, 0.25) is 11.8 Å². The van der Waals surface area contributed by atoms with Crippen LogP contribution in [0.25, 0.3) is 11.5 Å². The summed E-state index contributed by atoms with van der Waals surface area (Å²) in [5.74, 6) is 0.716. The van der Waals surface area contributed by atoms with Crippen molar-refractivity contribution in [2.45, 2.75) is 13.3 Å². The number of rotatable bonds is 6. The van der Waals surface area contributed by atoms with Crippen LogP contribution in [-0.2, 0) is 11.2 Å². The van der Waals surface area contributed by atoms with Crippen LogP contribution in [0.1, 0.15) is 12.6 Å². The summed E-state index contributed by atoms with van der Waals surface area (Å²) in [6.07, 6.45) is 2.18. The first-order valence-electron chi connectivity index (χ1n) is 7.82. The molecule has 1 unspecified atom stereocenters. The number of aromatic nitrogens is 1. The SMILES string of the molecule is CC(C(=O)NCCc1coc(-c2ccc(F)cc2)n1)C1CNC1. The van der Waals surface area contributed by atoms with Crippen LogP contribution in [-0.4, -0.2) is 30.5 Å². The Morgan fingerprint density at radius 3 is 2.83 bits per heavy atom. The molecule has 6 heteroatoms. The van der Waals surface area contributed by atoms with Gasteiger partial charge in [-0.2, -0.15) is 0 Å². The molecule has 2 heterocycles. The summed E-state index contributed by atoms with van der Waals surface area (Å²) in [5.41, 5.74) is 1.50. The second-order valence-electron chi connectivity index (χ2n) is 5.90. The normalized spacial score (nSPS) is 15.9. The number of carbonyl (C=O) groups is 1. The van der Waals surface area contributed by atoms with E-state index in [1.807, 2.05) is 6.92 Å². The maximum atomic E-state index is 12.9. The van der Waals surface area contributed by atoms with Gasteiger partial charge in [0.15, 0.2) is 0 Å². The minimum atomic E-state index is -0.293. The average Bonchev–Trinajstić information content (AvgIpc) is 2.95. The van der Waals surface area contributed by atoms with Crippen molar-refractivity contribution in [1.82, 2.24) is 15.6 Å². The first kappa shape index (κ1) is 15.7. The summed E-state index contributed by atoms with van der Waals surface area (Å²) < 4.78 is 18.3. The monoisotopic (exact) mass is 317 g/mol. The molecule has 122 valence electrons. The minimum Gasteiger partial charge on any atom is -0.444 e. The molecule has 1 aromatic heterocycles. The number of oxazole rings is 1. The van der Waals surface area contributed by atoms with Gasteiger partial charge >= 0.3 is 0 Å². The molecule has 0 aliphatic carbocycles. The highest BCUT2D eigenvalue weighted by atomic mass is 19.1. The van der Waals surface area contributed by atoms with Gasteiger partial charge < -0.3 is 15.1 Å². The second-order valence-corrected chi connectivity index (χ2v) is 5.90. The van der Waals surface area contributed by atoms with Crippen LogP contribution in [0, 0.1) is 17.7 Å². The number of nitrogens with zero attached hydrogens (tertiary/aromatic N) is 1. The van der Waals surface area contributed by atoms with E-state index < -0.39 is 0 Å². The van der Waals surface area contributed by atoms with Crippen molar-refractivity contribution in [1.29, 1.82) is 0 Å². The molecule has 0 radical (unpaired) electrons. The van der Waals surface area contributed by atoms with Crippen molar-refractivity contribution in [3.05, 3.63) is 42.0 Å². The molecule has 0 saturated carbocycles. The van der Waals surface area contributed by atoms with Crippen LogP contribution in [0.2, 0.25) is 0 Å². The van der Waals surface area contributed by atoms with Crippen LogP contribution in [0.15, 0.2) is 34.9 Å². The molecule has 1 aliphatic heterocycles. The van der Waals surface area contributed by atoms with Crippen molar-refractivity contribution in [3.63, 3.8) is 0 Å². The molecular weight excluding hydrogens is 297 g/mol. The maximum Gasteiger partial charge on any atom is 0.226 e. The molecule has 0 spiro atoms. The first-order chi connectivity index (χ1) is 11.1. The Balaban J connectivity index is 1.49. The van der Waals surface area contributed by atoms with Gasteiger partial charge in [-0.05, 0) is 43.3 Å². The van der Waals surface area contributed by atoms with Crippen molar-refractivity contribution in [2.24, 2.45) is 11.8 Å². The number of hydrogen-bond acceptors (Lipinski definition) is 4. The average molecular weight is 317 g/mol. The van der Waals surface area contributed by atoms with Crippen LogP contribution in [0.5, 0.6) is 0 Å². The molecule has 1 aromatic carbocycles. The van der Waals surface area contributed by atoms with E-state index in [0.717, 1.165) is 24.3 Å². The van der Waals surface area contributed by atoms with Crippen LogP contribution >= 0.6 is 0 Å². The fourth-order valence-corrected chi connectivity index (χ4v) is 2.50. The first-order valence-corrected chi connectivity index (χ1v) is 7.82. The van der Waals surface area contributed by atoms with Crippen molar-refractivity contribution >= 4 is 5.91 Å². The summed E-state index contributed by atoms with van der Waals surface area (Å²) >= 11 is 0. The fraction of sp³-hybridized carbons (Fsp3) is 0.412. The number of halogens is 1. The zero-order valence-corrected chi connectivity index (χ0v) is 13.0. The summed E-state index contributed by atoms with van der Waals surface area (Å²) in [7, 11) is 0. The number of carbonyl (C=O) groups excluding carboxylic acids is 1. The highest BCUT2D eigenvalue weighted by molar-refractivity contribution is 5.78. The third-order valence-corrected chi connectivity index (χ3v) is 4.26.